The zero-order valence-corrected chi connectivity index (χ0v) is 12.0. The summed E-state index contributed by atoms with van der Waals surface area (Å²) in [6.07, 6.45) is 5.39. The second-order valence-electron chi connectivity index (χ2n) is 4.60. The van der Waals surface area contributed by atoms with E-state index in [2.05, 4.69) is 15.6 Å². The Bertz CT molecular complexity index is 539. The number of aromatic nitrogens is 2. The van der Waals surface area contributed by atoms with Crippen molar-refractivity contribution < 1.29 is 4.79 Å². The first-order valence-electron chi connectivity index (χ1n) is 6.38. The number of amides is 1. The molecule has 106 valence electrons. The Morgan fingerprint density at radius 3 is 2.80 bits per heavy atom. The maximum atomic E-state index is 11.8. The van der Waals surface area contributed by atoms with Crippen molar-refractivity contribution in [1.82, 2.24) is 14.9 Å². The van der Waals surface area contributed by atoms with Gasteiger partial charge in [-0.1, -0.05) is 11.6 Å². The molecule has 6 heteroatoms. The van der Waals surface area contributed by atoms with Gasteiger partial charge < -0.3 is 15.2 Å². The van der Waals surface area contributed by atoms with Gasteiger partial charge in [0.25, 0.3) is 0 Å². The molecule has 1 aromatic carbocycles. The van der Waals surface area contributed by atoms with Crippen LogP contribution in [0, 0.1) is 0 Å². The molecule has 1 atom stereocenters. The van der Waals surface area contributed by atoms with Crippen LogP contribution < -0.4 is 10.6 Å². The number of nitrogens with zero attached hydrogens (tertiary/aromatic N) is 2. The maximum Gasteiger partial charge on any atom is 0.238 e. The van der Waals surface area contributed by atoms with Crippen LogP contribution >= 0.6 is 11.6 Å². The van der Waals surface area contributed by atoms with E-state index in [1.807, 2.05) is 17.7 Å². The van der Waals surface area contributed by atoms with Gasteiger partial charge in [-0.3, -0.25) is 4.79 Å². The summed E-state index contributed by atoms with van der Waals surface area (Å²) in [6, 6.07) is 7.21. The highest BCUT2D eigenvalue weighted by molar-refractivity contribution is 6.30. The number of hydrogen-bond acceptors (Lipinski definition) is 3. The molecule has 20 heavy (non-hydrogen) atoms. The van der Waals surface area contributed by atoms with Crippen molar-refractivity contribution in [2.75, 3.05) is 11.9 Å². The average Bonchev–Trinajstić information content (AvgIpc) is 2.92. The van der Waals surface area contributed by atoms with Crippen molar-refractivity contribution in [2.24, 2.45) is 0 Å². The summed E-state index contributed by atoms with van der Waals surface area (Å²) in [4.78, 5) is 15.8. The van der Waals surface area contributed by atoms with E-state index >= 15 is 0 Å². The Morgan fingerprint density at radius 1 is 1.40 bits per heavy atom. The van der Waals surface area contributed by atoms with Crippen LogP contribution in [0.3, 0.4) is 0 Å². The fraction of sp³-hybridized carbons (Fsp3) is 0.286. The van der Waals surface area contributed by atoms with E-state index < -0.39 is 0 Å². The van der Waals surface area contributed by atoms with Gasteiger partial charge in [-0.15, -0.1) is 0 Å². The van der Waals surface area contributed by atoms with Gasteiger partial charge in [0.1, 0.15) is 0 Å². The Kier molecular flexibility index (Phi) is 5.15. The lowest BCUT2D eigenvalue weighted by molar-refractivity contribution is -0.115. The smallest absolute Gasteiger partial charge is 0.238 e. The lowest BCUT2D eigenvalue weighted by Gasteiger charge is -2.14. The summed E-state index contributed by atoms with van der Waals surface area (Å²) < 4.78 is 1.97. The largest absolute Gasteiger partial charge is 0.336 e. The molecule has 0 spiro atoms. The molecule has 0 fully saturated rings. The quantitative estimate of drug-likeness (QED) is 0.858. The lowest BCUT2D eigenvalue weighted by Crippen LogP contribution is -2.36. The second kappa shape index (κ2) is 7.07. The Balaban J connectivity index is 1.73. The summed E-state index contributed by atoms with van der Waals surface area (Å²) in [5.41, 5.74) is 0.739. The van der Waals surface area contributed by atoms with Crippen LogP contribution in [0.1, 0.15) is 6.92 Å². The topological polar surface area (TPSA) is 59.0 Å². The van der Waals surface area contributed by atoms with E-state index in [4.69, 9.17) is 11.6 Å². The van der Waals surface area contributed by atoms with Crippen LogP contribution in [0.4, 0.5) is 5.69 Å². The van der Waals surface area contributed by atoms with Gasteiger partial charge in [-0.25, -0.2) is 4.98 Å². The first kappa shape index (κ1) is 14.6. The van der Waals surface area contributed by atoms with Crippen LogP contribution in [0.15, 0.2) is 43.0 Å². The van der Waals surface area contributed by atoms with Crippen LogP contribution in [0.25, 0.3) is 0 Å². The summed E-state index contributed by atoms with van der Waals surface area (Å²) >= 11 is 5.79. The second-order valence-corrected chi connectivity index (χ2v) is 5.03. The molecule has 1 heterocycles. The predicted molar refractivity (Wildman–Crippen MR) is 79.8 cm³/mol. The summed E-state index contributed by atoms with van der Waals surface area (Å²) in [5.74, 6) is -0.0789. The molecular weight excluding hydrogens is 276 g/mol. The third kappa shape index (κ3) is 4.68. The lowest BCUT2D eigenvalue weighted by atomic mass is 10.3. The van der Waals surface area contributed by atoms with Gasteiger partial charge in [-0.05, 0) is 31.2 Å². The number of imidazole rings is 1. The summed E-state index contributed by atoms with van der Waals surface area (Å²) in [6.45, 7) is 3.06. The van der Waals surface area contributed by atoms with Gasteiger partial charge in [0.15, 0.2) is 0 Å². The van der Waals surface area contributed by atoms with E-state index in [0.29, 0.717) is 5.02 Å². The van der Waals surface area contributed by atoms with Crippen LogP contribution in [0.5, 0.6) is 0 Å². The molecule has 0 saturated heterocycles. The van der Waals surface area contributed by atoms with E-state index in [1.165, 1.54) is 0 Å². The number of rotatable bonds is 6. The minimum atomic E-state index is -0.0789. The van der Waals surface area contributed by atoms with Gasteiger partial charge >= 0.3 is 0 Å². The Labute approximate surface area is 123 Å². The van der Waals surface area contributed by atoms with Crippen molar-refractivity contribution >= 4 is 23.2 Å². The molecule has 1 aromatic heterocycles. The molecule has 1 amide bonds. The van der Waals surface area contributed by atoms with Crippen molar-refractivity contribution in [3.05, 3.63) is 48.0 Å². The van der Waals surface area contributed by atoms with Gasteiger partial charge in [-0.2, -0.15) is 0 Å². The number of hydrogen-bond donors (Lipinski definition) is 2. The van der Waals surface area contributed by atoms with Crippen LogP contribution in [-0.4, -0.2) is 28.0 Å². The molecule has 2 N–H and O–H groups in total. The molecule has 5 nitrogen and oxygen atoms in total. The maximum absolute atomic E-state index is 11.8. The minimum Gasteiger partial charge on any atom is -0.336 e. The SMILES string of the molecule is CC(Cn1ccnc1)NCC(=O)Nc1ccc(Cl)cc1. The van der Waals surface area contributed by atoms with Crippen LogP contribution in [0.2, 0.25) is 5.02 Å². The molecule has 0 aliphatic rings. The molecule has 0 aliphatic heterocycles. The van der Waals surface area contributed by atoms with Gasteiger partial charge in [0.05, 0.1) is 12.9 Å². The molecular formula is C14H17ClN4O. The minimum absolute atomic E-state index is 0.0789. The van der Waals surface area contributed by atoms with Gasteiger partial charge in [0.2, 0.25) is 5.91 Å². The fourth-order valence-electron chi connectivity index (χ4n) is 1.78. The van der Waals surface area contributed by atoms with E-state index in [-0.39, 0.29) is 18.5 Å². The summed E-state index contributed by atoms with van der Waals surface area (Å²) in [5, 5.41) is 6.62. The first-order chi connectivity index (χ1) is 9.63. The highest BCUT2D eigenvalue weighted by atomic mass is 35.5. The third-order valence-electron chi connectivity index (χ3n) is 2.78. The van der Waals surface area contributed by atoms with E-state index in [0.717, 1.165) is 12.2 Å². The number of anilines is 1. The number of benzene rings is 1. The number of halogens is 1. The molecule has 2 aromatic rings. The van der Waals surface area contributed by atoms with Crippen molar-refractivity contribution in [2.45, 2.75) is 19.5 Å². The molecule has 0 saturated carbocycles. The van der Waals surface area contributed by atoms with Crippen molar-refractivity contribution in [1.29, 1.82) is 0 Å². The van der Waals surface area contributed by atoms with E-state index in [9.17, 15) is 4.79 Å². The average molecular weight is 293 g/mol. The highest BCUT2D eigenvalue weighted by Gasteiger charge is 2.06. The Morgan fingerprint density at radius 2 is 2.15 bits per heavy atom. The predicted octanol–water partition coefficient (Wildman–Crippen LogP) is 2.15. The molecule has 0 bridgehead atoms. The molecule has 0 radical (unpaired) electrons. The van der Waals surface area contributed by atoms with Crippen molar-refractivity contribution in [3.63, 3.8) is 0 Å². The normalized spacial score (nSPS) is 12.1. The number of carbonyl (C=O) groups excluding carboxylic acids is 1. The highest BCUT2D eigenvalue weighted by Crippen LogP contribution is 2.12. The Hall–Kier alpha value is -1.85. The van der Waals surface area contributed by atoms with Crippen LogP contribution in [-0.2, 0) is 11.3 Å². The van der Waals surface area contributed by atoms with Gasteiger partial charge in [0, 0.05) is 35.7 Å². The fourth-order valence-corrected chi connectivity index (χ4v) is 1.91. The monoisotopic (exact) mass is 292 g/mol. The third-order valence-corrected chi connectivity index (χ3v) is 3.03. The zero-order chi connectivity index (χ0) is 14.4. The molecule has 0 aliphatic carbocycles. The number of carbonyl (C=O) groups is 1. The van der Waals surface area contributed by atoms with E-state index in [1.54, 1.807) is 36.8 Å². The molecule has 1 unspecified atom stereocenters. The van der Waals surface area contributed by atoms with Crippen molar-refractivity contribution in [3.8, 4) is 0 Å². The first-order valence-corrected chi connectivity index (χ1v) is 6.76. The molecule has 2 rings (SSSR count). The zero-order valence-electron chi connectivity index (χ0n) is 11.2. The summed E-state index contributed by atoms with van der Waals surface area (Å²) in [7, 11) is 0. The standard InChI is InChI=1S/C14H17ClN4O/c1-11(9-19-7-6-16-10-19)17-8-14(20)18-13-4-2-12(15)3-5-13/h2-7,10-11,17H,8-9H2,1H3,(H,18,20). The number of nitrogens with one attached hydrogen (secondary N) is 2.